The zero-order chi connectivity index (χ0) is 13.0. The van der Waals surface area contributed by atoms with Crippen molar-refractivity contribution in [2.75, 3.05) is 12.9 Å². The number of hydrogen-bond donors (Lipinski definition) is 0. The first kappa shape index (κ1) is 12.6. The topological polar surface area (TPSA) is 65.0 Å². The third-order valence-electron chi connectivity index (χ3n) is 2.19. The molecule has 0 N–H and O–H groups in total. The smallest absolute Gasteiger partial charge is 0.179 e. The first-order valence-corrected chi connectivity index (χ1v) is 7.03. The Labute approximate surface area is 108 Å². The molecule has 2 aromatic rings. The van der Waals surface area contributed by atoms with Crippen molar-refractivity contribution < 1.29 is 8.95 Å². The predicted octanol–water partition coefficient (Wildman–Crippen LogP) is 1.67. The molecular weight excluding hydrogens is 250 g/mol. The molecular formula is C12H13N3O2S. The van der Waals surface area contributed by atoms with E-state index in [4.69, 9.17) is 4.74 Å². The maximum atomic E-state index is 11.6. The van der Waals surface area contributed by atoms with Gasteiger partial charge in [0.2, 0.25) is 0 Å². The van der Waals surface area contributed by atoms with Gasteiger partial charge in [0.25, 0.3) is 0 Å². The van der Waals surface area contributed by atoms with Crippen LogP contribution in [0.3, 0.4) is 0 Å². The highest BCUT2D eigenvalue weighted by atomic mass is 32.2. The van der Waals surface area contributed by atoms with Gasteiger partial charge in [-0.15, -0.1) is 0 Å². The van der Waals surface area contributed by atoms with E-state index in [1.54, 1.807) is 18.5 Å². The number of rotatable bonds is 4. The van der Waals surface area contributed by atoms with Crippen LogP contribution in [0, 0.1) is 0 Å². The SMILES string of the molecule is CCOc1cnc(-c2ccccn2)nc1S(C)=O. The Hall–Kier alpha value is -1.82. The van der Waals surface area contributed by atoms with Gasteiger partial charge < -0.3 is 4.74 Å². The lowest BCUT2D eigenvalue weighted by molar-refractivity contribution is 0.327. The van der Waals surface area contributed by atoms with Gasteiger partial charge in [-0.1, -0.05) is 6.07 Å². The van der Waals surface area contributed by atoms with Crippen LogP contribution >= 0.6 is 0 Å². The van der Waals surface area contributed by atoms with Gasteiger partial charge in [-0.05, 0) is 19.1 Å². The highest BCUT2D eigenvalue weighted by molar-refractivity contribution is 7.84. The molecule has 0 saturated heterocycles. The van der Waals surface area contributed by atoms with Gasteiger partial charge in [0.15, 0.2) is 16.6 Å². The Morgan fingerprint density at radius 3 is 2.78 bits per heavy atom. The molecule has 0 radical (unpaired) electrons. The second kappa shape index (κ2) is 5.68. The summed E-state index contributed by atoms with van der Waals surface area (Å²) in [6, 6.07) is 5.47. The fourth-order valence-electron chi connectivity index (χ4n) is 1.43. The summed E-state index contributed by atoms with van der Waals surface area (Å²) in [5.41, 5.74) is 0.646. The van der Waals surface area contributed by atoms with Gasteiger partial charge >= 0.3 is 0 Å². The minimum atomic E-state index is -1.23. The third kappa shape index (κ3) is 2.70. The van der Waals surface area contributed by atoms with Crippen molar-refractivity contribution >= 4 is 10.8 Å². The quantitative estimate of drug-likeness (QED) is 0.785. The monoisotopic (exact) mass is 263 g/mol. The third-order valence-corrected chi connectivity index (χ3v) is 3.03. The molecule has 2 aromatic heterocycles. The van der Waals surface area contributed by atoms with E-state index in [1.807, 2.05) is 19.1 Å². The van der Waals surface area contributed by atoms with Crippen molar-refractivity contribution in [1.82, 2.24) is 15.0 Å². The van der Waals surface area contributed by atoms with E-state index in [2.05, 4.69) is 15.0 Å². The Bertz CT molecular complexity index is 561. The molecule has 2 rings (SSSR count). The molecule has 0 aliphatic rings. The maximum absolute atomic E-state index is 11.6. The van der Waals surface area contributed by atoms with E-state index in [0.717, 1.165) is 0 Å². The summed E-state index contributed by atoms with van der Waals surface area (Å²) in [5.74, 6) is 0.905. The minimum Gasteiger partial charge on any atom is -0.489 e. The molecule has 0 bridgehead atoms. The van der Waals surface area contributed by atoms with Crippen molar-refractivity contribution in [1.29, 1.82) is 0 Å². The van der Waals surface area contributed by atoms with Crippen molar-refractivity contribution in [3.05, 3.63) is 30.6 Å². The lowest BCUT2D eigenvalue weighted by Gasteiger charge is -2.08. The van der Waals surface area contributed by atoms with Crippen LogP contribution in [0.1, 0.15) is 6.92 Å². The van der Waals surface area contributed by atoms with Crippen LogP contribution < -0.4 is 4.74 Å². The van der Waals surface area contributed by atoms with Gasteiger partial charge in [-0.25, -0.2) is 9.97 Å². The Balaban J connectivity index is 2.46. The number of pyridine rings is 1. The average molecular weight is 263 g/mol. The summed E-state index contributed by atoms with van der Waals surface area (Å²) in [6.45, 7) is 2.34. The van der Waals surface area contributed by atoms with E-state index in [9.17, 15) is 4.21 Å². The van der Waals surface area contributed by atoms with Crippen molar-refractivity contribution in [3.8, 4) is 17.3 Å². The van der Waals surface area contributed by atoms with Crippen LogP contribution in [0.25, 0.3) is 11.5 Å². The summed E-state index contributed by atoms with van der Waals surface area (Å²) in [4.78, 5) is 12.6. The fraction of sp³-hybridized carbons (Fsp3) is 0.250. The minimum absolute atomic E-state index is 0.396. The molecule has 0 spiro atoms. The van der Waals surface area contributed by atoms with Gasteiger partial charge in [0.05, 0.1) is 23.6 Å². The second-order valence-electron chi connectivity index (χ2n) is 3.47. The molecule has 94 valence electrons. The highest BCUT2D eigenvalue weighted by Crippen LogP contribution is 2.21. The molecule has 2 heterocycles. The lowest BCUT2D eigenvalue weighted by Crippen LogP contribution is -2.03. The van der Waals surface area contributed by atoms with Gasteiger partial charge in [-0.2, -0.15) is 0 Å². The molecule has 18 heavy (non-hydrogen) atoms. The van der Waals surface area contributed by atoms with E-state index in [0.29, 0.717) is 28.9 Å². The normalized spacial score (nSPS) is 12.1. The van der Waals surface area contributed by atoms with Crippen LogP contribution in [0.15, 0.2) is 35.6 Å². The van der Waals surface area contributed by atoms with Crippen molar-refractivity contribution in [2.45, 2.75) is 11.9 Å². The van der Waals surface area contributed by atoms with Gasteiger partial charge in [-0.3, -0.25) is 9.19 Å². The molecule has 6 heteroatoms. The lowest BCUT2D eigenvalue weighted by atomic mass is 10.3. The molecule has 1 atom stereocenters. The van der Waals surface area contributed by atoms with E-state index in [1.165, 1.54) is 6.20 Å². The molecule has 1 unspecified atom stereocenters. The average Bonchev–Trinajstić information content (AvgIpc) is 2.40. The zero-order valence-electron chi connectivity index (χ0n) is 10.2. The zero-order valence-corrected chi connectivity index (χ0v) is 11.0. The van der Waals surface area contributed by atoms with Crippen LogP contribution in [-0.2, 0) is 10.8 Å². The Kier molecular flexibility index (Phi) is 3.99. The number of nitrogens with zero attached hydrogens (tertiary/aromatic N) is 3. The number of aromatic nitrogens is 3. The molecule has 0 aromatic carbocycles. The molecule has 0 aliphatic heterocycles. The molecule has 5 nitrogen and oxygen atoms in total. The van der Waals surface area contributed by atoms with Crippen LogP contribution in [-0.4, -0.2) is 32.0 Å². The molecule has 0 amide bonds. The van der Waals surface area contributed by atoms with Crippen LogP contribution in [0.5, 0.6) is 5.75 Å². The highest BCUT2D eigenvalue weighted by Gasteiger charge is 2.13. The van der Waals surface area contributed by atoms with Crippen molar-refractivity contribution in [3.63, 3.8) is 0 Å². The first-order valence-electron chi connectivity index (χ1n) is 5.47. The Morgan fingerprint density at radius 1 is 1.33 bits per heavy atom. The number of ether oxygens (including phenoxy) is 1. The second-order valence-corrected chi connectivity index (χ2v) is 4.76. The summed E-state index contributed by atoms with van der Waals surface area (Å²) in [5, 5.41) is 0.396. The largest absolute Gasteiger partial charge is 0.489 e. The molecule has 0 saturated carbocycles. The molecule has 0 fully saturated rings. The van der Waals surface area contributed by atoms with Gasteiger partial charge in [0, 0.05) is 12.5 Å². The Morgan fingerprint density at radius 2 is 2.17 bits per heavy atom. The summed E-state index contributed by atoms with van der Waals surface area (Å²) in [7, 11) is -1.23. The van der Waals surface area contributed by atoms with Crippen molar-refractivity contribution in [2.24, 2.45) is 0 Å². The predicted molar refractivity (Wildman–Crippen MR) is 68.8 cm³/mol. The molecule has 0 aliphatic carbocycles. The summed E-state index contributed by atoms with van der Waals surface area (Å²) >= 11 is 0. The standard InChI is InChI=1S/C12H13N3O2S/c1-3-17-10-8-14-11(15-12(10)18(2)16)9-6-4-5-7-13-9/h4-8H,3H2,1-2H3. The maximum Gasteiger partial charge on any atom is 0.179 e. The van der Waals surface area contributed by atoms with E-state index < -0.39 is 10.8 Å². The van der Waals surface area contributed by atoms with Crippen LogP contribution in [0.2, 0.25) is 0 Å². The fourth-order valence-corrected chi connectivity index (χ4v) is 2.04. The first-order chi connectivity index (χ1) is 8.72. The van der Waals surface area contributed by atoms with E-state index >= 15 is 0 Å². The van der Waals surface area contributed by atoms with E-state index in [-0.39, 0.29) is 0 Å². The summed E-state index contributed by atoms with van der Waals surface area (Å²) < 4.78 is 17.0. The van der Waals surface area contributed by atoms with Gasteiger partial charge in [0.1, 0.15) is 5.69 Å². The summed E-state index contributed by atoms with van der Waals surface area (Å²) in [6.07, 6.45) is 4.77. The number of hydrogen-bond acceptors (Lipinski definition) is 5. The van der Waals surface area contributed by atoms with Crippen LogP contribution in [0.4, 0.5) is 0 Å².